The van der Waals surface area contributed by atoms with E-state index in [9.17, 15) is 9.59 Å². The van der Waals surface area contributed by atoms with Gasteiger partial charge in [0.05, 0.1) is 0 Å². The maximum Gasteiger partial charge on any atom is 0.269 e. The summed E-state index contributed by atoms with van der Waals surface area (Å²) < 4.78 is 0. The number of rotatable bonds is 0. The first kappa shape index (κ1) is 14.9. The maximum absolute atomic E-state index is 10.4. The second-order valence-electron chi connectivity index (χ2n) is 2.72. The molecule has 0 aliphatic carbocycles. The van der Waals surface area contributed by atoms with Crippen molar-refractivity contribution in [3.05, 3.63) is 81.6 Å². The standard InChI is InChI=1S/2C6H5NO.ClH/c2*8-6-4-2-1-3-5-7-6;/h2*1-5H;1H. The summed E-state index contributed by atoms with van der Waals surface area (Å²) in [5, 5.41) is 0. The molecule has 2 aromatic heterocycles. The van der Waals surface area contributed by atoms with Crippen molar-refractivity contribution in [2.24, 2.45) is 0 Å². The average Bonchev–Trinajstić information content (AvgIpc) is 2.64. The van der Waals surface area contributed by atoms with Crippen LogP contribution in [0.1, 0.15) is 0 Å². The molecule has 0 saturated carbocycles. The van der Waals surface area contributed by atoms with Crippen LogP contribution in [0.25, 0.3) is 0 Å². The summed E-state index contributed by atoms with van der Waals surface area (Å²) >= 11 is 0. The van der Waals surface area contributed by atoms with Crippen LogP contribution in [0.15, 0.2) is 70.5 Å². The van der Waals surface area contributed by atoms with Crippen molar-refractivity contribution in [3.8, 4) is 0 Å². The first-order chi connectivity index (χ1) is 7.79. The normalized spacial score (nSPS) is 8.00. The van der Waals surface area contributed by atoms with Crippen LogP contribution >= 0.6 is 12.4 Å². The smallest absolute Gasteiger partial charge is 0.267 e. The largest absolute Gasteiger partial charge is 0.269 e. The molecule has 0 aliphatic heterocycles. The van der Waals surface area contributed by atoms with Crippen molar-refractivity contribution >= 4 is 12.4 Å². The topological polar surface area (TPSA) is 59.9 Å². The molecule has 0 spiro atoms. The molecule has 0 fully saturated rings. The first-order valence-corrected chi connectivity index (χ1v) is 4.62. The number of halogens is 1. The second-order valence-corrected chi connectivity index (χ2v) is 2.72. The number of hydrogen-bond acceptors (Lipinski definition) is 4. The van der Waals surface area contributed by atoms with Crippen molar-refractivity contribution in [2.75, 3.05) is 0 Å². The van der Waals surface area contributed by atoms with Crippen LogP contribution in [-0.2, 0) is 0 Å². The van der Waals surface area contributed by atoms with Gasteiger partial charge in [-0.2, -0.15) is 0 Å². The highest BCUT2D eigenvalue weighted by molar-refractivity contribution is 5.85. The van der Waals surface area contributed by atoms with Gasteiger partial charge in [-0.15, -0.1) is 12.4 Å². The fraction of sp³-hybridized carbons (Fsp3) is 0. The molecule has 0 atom stereocenters. The predicted octanol–water partition coefficient (Wildman–Crippen LogP) is 1.31. The lowest BCUT2D eigenvalue weighted by atomic mass is 10.5. The van der Waals surface area contributed by atoms with E-state index in [4.69, 9.17) is 0 Å². The van der Waals surface area contributed by atoms with Gasteiger partial charge >= 0.3 is 0 Å². The first-order valence-electron chi connectivity index (χ1n) is 4.62. The zero-order valence-electron chi connectivity index (χ0n) is 8.89. The van der Waals surface area contributed by atoms with Gasteiger partial charge < -0.3 is 0 Å². The Balaban J connectivity index is 0.000000284. The minimum atomic E-state index is -0.199. The van der Waals surface area contributed by atoms with Gasteiger partial charge in [0.1, 0.15) is 0 Å². The molecule has 0 N–H and O–H groups in total. The highest BCUT2D eigenvalue weighted by atomic mass is 35.5. The van der Waals surface area contributed by atoms with Gasteiger partial charge in [-0.05, 0) is 12.1 Å². The molecule has 17 heavy (non-hydrogen) atoms. The molecule has 0 saturated heterocycles. The zero-order chi connectivity index (χ0) is 11.6. The second kappa shape index (κ2) is 9.18. The monoisotopic (exact) mass is 250 g/mol. The van der Waals surface area contributed by atoms with Gasteiger partial charge in [0.2, 0.25) is 0 Å². The molecular formula is C12H11ClN2O2. The summed E-state index contributed by atoms with van der Waals surface area (Å²) in [5.74, 6) is 0. The van der Waals surface area contributed by atoms with E-state index in [1.165, 1.54) is 24.5 Å². The third-order valence-electron chi connectivity index (χ3n) is 1.50. The Labute approximate surface area is 104 Å². The third kappa shape index (κ3) is 7.81. The Hall–Kier alpha value is -2.07. The van der Waals surface area contributed by atoms with E-state index in [2.05, 4.69) is 9.97 Å². The van der Waals surface area contributed by atoms with E-state index in [1.807, 2.05) is 0 Å². The van der Waals surface area contributed by atoms with Gasteiger partial charge in [0, 0.05) is 24.5 Å². The van der Waals surface area contributed by atoms with Crippen molar-refractivity contribution < 1.29 is 0 Å². The van der Waals surface area contributed by atoms with Gasteiger partial charge in [0.15, 0.2) is 0 Å². The Bertz CT molecular complexity index is 455. The van der Waals surface area contributed by atoms with Crippen LogP contribution in [0, 0.1) is 0 Å². The maximum atomic E-state index is 10.4. The van der Waals surface area contributed by atoms with Crippen LogP contribution in [0.4, 0.5) is 0 Å². The lowest BCUT2D eigenvalue weighted by Gasteiger charge is -1.57. The molecular weight excluding hydrogens is 240 g/mol. The summed E-state index contributed by atoms with van der Waals surface area (Å²) in [6.45, 7) is 0. The van der Waals surface area contributed by atoms with E-state index in [0.717, 1.165) is 0 Å². The molecule has 2 aromatic rings. The minimum Gasteiger partial charge on any atom is -0.267 e. The van der Waals surface area contributed by atoms with Gasteiger partial charge in [-0.25, -0.2) is 9.97 Å². The summed E-state index contributed by atoms with van der Waals surface area (Å²) in [7, 11) is 0. The predicted molar refractivity (Wildman–Crippen MR) is 68.3 cm³/mol. The van der Waals surface area contributed by atoms with E-state index in [0.29, 0.717) is 0 Å². The Morgan fingerprint density at radius 2 is 1.06 bits per heavy atom. The van der Waals surface area contributed by atoms with Crippen molar-refractivity contribution in [1.29, 1.82) is 0 Å². The molecule has 0 radical (unpaired) electrons. The van der Waals surface area contributed by atoms with Crippen LogP contribution in [-0.4, -0.2) is 9.97 Å². The molecule has 0 aromatic carbocycles. The van der Waals surface area contributed by atoms with Crippen LogP contribution in [0.5, 0.6) is 0 Å². The highest BCUT2D eigenvalue weighted by Crippen LogP contribution is 1.70. The quantitative estimate of drug-likeness (QED) is 0.707. The molecule has 2 heterocycles. The van der Waals surface area contributed by atoms with Gasteiger partial charge in [0.25, 0.3) is 11.1 Å². The van der Waals surface area contributed by atoms with Crippen LogP contribution in [0.3, 0.4) is 0 Å². The Morgan fingerprint density at radius 3 is 1.47 bits per heavy atom. The molecule has 0 unspecified atom stereocenters. The molecule has 5 heteroatoms. The molecule has 4 nitrogen and oxygen atoms in total. The SMILES string of the molecule is Cl.O=c1cccccn1.O=c1cccccn1. The van der Waals surface area contributed by atoms with Crippen LogP contribution < -0.4 is 11.1 Å². The van der Waals surface area contributed by atoms with Crippen LogP contribution in [0.2, 0.25) is 0 Å². The Morgan fingerprint density at radius 1 is 0.647 bits per heavy atom. The highest BCUT2D eigenvalue weighted by Gasteiger charge is 1.71. The van der Waals surface area contributed by atoms with Crippen molar-refractivity contribution in [1.82, 2.24) is 9.97 Å². The van der Waals surface area contributed by atoms with E-state index >= 15 is 0 Å². The molecule has 0 aliphatic rings. The molecule has 0 amide bonds. The average molecular weight is 251 g/mol. The molecule has 0 bridgehead atoms. The third-order valence-corrected chi connectivity index (χ3v) is 1.50. The minimum absolute atomic E-state index is 0. The van der Waals surface area contributed by atoms with Crippen molar-refractivity contribution in [2.45, 2.75) is 0 Å². The lowest BCUT2D eigenvalue weighted by Crippen LogP contribution is -1.95. The van der Waals surface area contributed by atoms with E-state index < -0.39 is 0 Å². The van der Waals surface area contributed by atoms with Crippen molar-refractivity contribution in [3.63, 3.8) is 0 Å². The Kier molecular flexibility index (Phi) is 8.06. The fourth-order valence-electron chi connectivity index (χ4n) is 0.822. The van der Waals surface area contributed by atoms with Gasteiger partial charge in [-0.1, -0.05) is 24.3 Å². The number of hydrogen-bond donors (Lipinski definition) is 0. The summed E-state index contributed by atoms with van der Waals surface area (Å²) in [6, 6.07) is 13.1. The summed E-state index contributed by atoms with van der Waals surface area (Å²) in [6.07, 6.45) is 2.95. The number of nitrogens with zero attached hydrogens (tertiary/aromatic N) is 2. The lowest BCUT2D eigenvalue weighted by molar-refractivity contribution is 1.27. The number of aromatic nitrogens is 2. The van der Waals surface area contributed by atoms with E-state index in [1.54, 1.807) is 36.4 Å². The summed E-state index contributed by atoms with van der Waals surface area (Å²) in [5.41, 5.74) is -0.398. The zero-order valence-corrected chi connectivity index (χ0v) is 9.71. The van der Waals surface area contributed by atoms with E-state index in [-0.39, 0.29) is 23.5 Å². The molecule has 88 valence electrons. The molecule has 2 rings (SSSR count). The summed E-state index contributed by atoms with van der Waals surface area (Å²) in [4.78, 5) is 27.7. The van der Waals surface area contributed by atoms with Gasteiger partial charge in [-0.3, -0.25) is 9.59 Å². The fourth-order valence-corrected chi connectivity index (χ4v) is 0.822.